The fourth-order valence-electron chi connectivity index (χ4n) is 2.16. The Bertz CT molecular complexity index is 1050. The summed E-state index contributed by atoms with van der Waals surface area (Å²) in [5.74, 6) is -0.255. The molecule has 3 amide bonds. The molecule has 12 heteroatoms. The van der Waals surface area contributed by atoms with Crippen LogP contribution in [0.5, 0.6) is 0 Å². The number of rotatable bonds is 7. The van der Waals surface area contributed by atoms with Crippen LogP contribution in [0.25, 0.3) is 0 Å². The van der Waals surface area contributed by atoms with E-state index in [1.54, 1.807) is 31.2 Å². The maximum atomic E-state index is 12.1. The lowest BCUT2D eigenvalue weighted by atomic mass is 10.2. The second kappa shape index (κ2) is 9.30. The van der Waals surface area contributed by atoms with E-state index in [-0.39, 0.29) is 23.3 Å². The van der Waals surface area contributed by atoms with Crippen molar-refractivity contribution in [2.24, 2.45) is 0 Å². The summed E-state index contributed by atoms with van der Waals surface area (Å²) in [7, 11) is 0. The molecule has 0 unspecified atom stereocenters. The number of nitrogens with one attached hydrogen (secondary N) is 3. The normalized spacial score (nSPS) is 10.4. The standard InChI is InChI=1S/C17H16N6O4S2/c1-9-6-13(23-27-9)15(26)20-16-21-22-17(29-16)28-8-14(25)19-12-5-3-4-11(7-12)18-10(2)24/h3-7H,8H2,1-2H3,(H,18,24)(H,19,25)(H,20,21,26). The van der Waals surface area contributed by atoms with Crippen molar-refractivity contribution in [2.45, 2.75) is 18.2 Å². The van der Waals surface area contributed by atoms with Gasteiger partial charge in [-0.2, -0.15) is 0 Å². The second-order valence-electron chi connectivity index (χ2n) is 5.75. The molecule has 2 aromatic heterocycles. The van der Waals surface area contributed by atoms with Crippen LogP contribution in [0.15, 0.2) is 39.2 Å². The number of carbonyl (C=O) groups is 3. The van der Waals surface area contributed by atoms with Gasteiger partial charge in [0.2, 0.25) is 16.9 Å². The quantitative estimate of drug-likeness (QED) is 0.383. The molecule has 1 aromatic carbocycles. The molecular weight excluding hydrogens is 416 g/mol. The van der Waals surface area contributed by atoms with Crippen LogP contribution in [0.1, 0.15) is 23.2 Å². The van der Waals surface area contributed by atoms with E-state index in [1.807, 2.05) is 0 Å². The lowest BCUT2D eigenvalue weighted by Crippen LogP contribution is -2.14. The number of hydrogen-bond donors (Lipinski definition) is 3. The molecule has 0 aliphatic carbocycles. The van der Waals surface area contributed by atoms with Crippen LogP contribution >= 0.6 is 23.1 Å². The molecule has 3 rings (SSSR count). The summed E-state index contributed by atoms with van der Waals surface area (Å²) in [6.45, 7) is 3.10. The molecule has 0 radical (unpaired) electrons. The Labute approximate surface area is 173 Å². The van der Waals surface area contributed by atoms with Crippen molar-refractivity contribution in [3.8, 4) is 0 Å². The minimum Gasteiger partial charge on any atom is -0.361 e. The first-order valence-corrected chi connectivity index (χ1v) is 10.1. The smallest absolute Gasteiger partial charge is 0.279 e. The van der Waals surface area contributed by atoms with Gasteiger partial charge >= 0.3 is 0 Å². The van der Waals surface area contributed by atoms with Crippen molar-refractivity contribution in [3.05, 3.63) is 41.8 Å². The van der Waals surface area contributed by atoms with Crippen LogP contribution < -0.4 is 16.0 Å². The van der Waals surface area contributed by atoms with Crippen LogP contribution in [0.4, 0.5) is 16.5 Å². The van der Waals surface area contributed by atoms with Gasteiger partial charge in [-0.25, -0.2) is 0 Å². The number of thioether (sulfide) groups is 1. The summed E-state index contributed by atoms with van der Waals surface area (Å²) in [4.78, 5) is 35.3. The van der Waals surface area contributed by atoms with Crippen molar-refractivity contribution >= 4 is 57.3 Å². The average molecular weight is 432 g/mol. The zero-order valence-electron chi connectivity index (χ0n) is 15.4. The molecule has 0 spiro atoms. The van der Waals surface area contributed by atoms with Crippen LogP contribution in [0.2, 0.25) is 0 Å². The number of aromatic nitrogens is 3. The summed E-state index contributed by atoms with van der Waals surface area (Å²) in [6, 6.07) is 8.34. The van der Waals surface area contributed by atoms with Gasteiger partial charge in [0.25, 0.3) is 5.91 Å². The number of amides is 3. The van der Waals surface area contributed by atoms with E-state index in [0.717, 1.165) is 11.3 Å². The van der Waals surface area contributed by atoms with Gasteiger partial charge in [-0.15, -0.1) is 10.2 Å². The van der Waals surface area contributed by atoms with E-state index < -0.39 is 5.91 Å². The Morgan fingerprint density at radius 1 is 1.10 bits per heavy atom. The van der Waals surface area contributed by atoms with Crippen molar-refractivity contribution in [3.63, 3.8) is 0 Å². The third-order valence-electron chi connectivity index (χ3n) is 3.28. The van der Waals surface area contributed by atoms with Gasteiger partial charge in [0.05, 0.1) is 5.75 Å². The lowest BCUT2D eigenvalue weighted by Gasteiger charge is -2.07. The molecule has 150 valence electrons. The number of nitrogens with zero attached hydrogens (tertiary/aromatic N) is 3. The van der Waals surface area contributed by atoms with Crippen LogP contribution in [-0.4, -0.2) is 38.8 Å². The minimum atomic E-state index is -0.452. The highest BCUT2D eigenvalue weighted by atomic mass is 32.2. The average Bonchev–Trinajstić information content (AvgIpc) is 3.28. The minimum absolute atomic E-state index is 0.107. The molecule has 0 atom stereocenters. The molecular formula is C17H16N6O4S2. The van der Waals surface area contributed by atoms with E-state index >= 15 is 0 Å². The molecule has 3 N–H and O–H groups in total. The van der Waals surface area contributed by atoms with Gasteiger partial charge in [0.15, 0.2) is 10.0 Å². The van der Waals surface area contributed by atoms with E-state index in [4.69, 9.17) is 4.52 Å². The zero-order valence-corrected chi connectivity index (χ0v) is 17.0. The zero-order chi connectivity index (χ0) is 20.8. The maximum Gasteiger partial charge on any atom is 0.279 e. The van der Waals surface area contributed by atoms with Crippen LogP contribution in [0.3, 0.4) is 0 Å². The molecule has 0 aliphatic rings. The van der Waals surface area contributed by atoms with E-state index in [2.05, 4.69) is 31.3 Å². The Morgan fingerprint density at radius 3 is 2.55 bits per heavy atom. The predicted molar refractivity (Wildman–Crippen MR) is 109 cm³/mol. The number of benzene rings is 1. The van der Waals surface area contributed by atoms with Crippen molar-refractivity contribution in [2.75, 3.05) is 21.7 Å². The lowest BCUT2D eigenvalue weighted by molar-refractivity contribution is -0.114. The van der Waals surface area contributed by atoms with Gasteiger partial charge in [0, 0.05) is 24.4 Å². The Kier molecular flexibility index (Phi) is 6.57. The first-order valence-electron chi connectivity index (χ1n) is 8.27. The summed E-state index contributed by atoms with van der Waals surface area (Å²) in [5.41, 5.74) is 1.30. The molecule has 0 saturated carbocycles. The summed E-state index contributed by atoms with van der Waals surface area (Å²) in [5, 5.41) is 19.7. The first kappa shape index (κ1) is 20.5. The molecule has 3 aromatic rings. The predicted octanol–water partition coefficient (Wildman–Crippen LogP) is 2.78. The van der Waals surface area contributed by atoms with Gasteiger partial charge < -0.3 is 15.2 Å². The fraction of sp³-hybridized carbons (Fsp3) is 0.176. The van der Waals surface area contributed by atoms with Crippen molar-refractivity contribution in [1.29, 1.82) is 0 Å². The third-order valence-corrected chi connectivity index (χ3v) is 5.25. The SMILES string of the molecule is CC(=O)Nc1cccc(NC(=O)CSc2nnc(NC(=O)c3cc(C)on3)s2)c1. The van der Waals surface area contributed by atoms with E-state index in [1.165, 1.54) is 24.8 Å². The monoisotopic (exact) mass is 432 g/mol. The van der Waals surface area contributed by atoms with Crippen LogP contribution in [-0.2, 0) is 9.59 Å². The van der Waals surface area contributed by atoms with Crippen molar-refractivity contribution in [1.82, 2.24) is 15.4 Å². The highest BCUT2D eigenvalue weighted by molar-refractivity contribution is 8.01. The topological polar surface area (TPSA) is 139 Å². The van der Waals surface area contributed by atoms with Crippen molar-refractivity contribution < 1.29 is 18.9 Å². The first-order chi connectivity index (χ1) is 13.9. The maximum absolute atomic E-state index is 12.1. The Hall–Kier alpha value is -3.25. The van der Waals surface area contributed by atoms with Gasteiger partial charge in [-0.3, -0.25) is 19.7 Å². The molecule has 2 heterocycles. The van der Waals surface area contributed by atoms with Crippen LogP contribution in [0, 0.1) is 6.92 Å². The number of carbonyl (C=O) groups excluding carboxylic acids is 3. The Balaban J connectivity index is 1.49. The molecule has 29 heavy (non-hydrogen) atoms. The molecule has 0 aliphatic heterocycles. The molecule has 0 bridgehead atoms. The highest BCUT2D eigenvalue weighted by Gasteiger charge is 2.15. The highest BCUT2D eigenvalue weighted by Crippen LogP contribution is 2.26. The summed E-state index contributed by atoms with van der Waals surface area (Å²) in [6.07, 6.45) is 0. The summed E-state index contributed by atoms with van der Waals surface area (Å²) < 4.78 is 5.38. The number of anilines is 3. The largest absolute Gasteiger partial charge is 0.361 e. The van der Waals surface area contributed by atoms with E-state index in [0.29, 0.717) is 26.6 Å². The number of aryl methyl sites for hydroxylation is 1. The van der Waals surface area contributed by atoms with Gasteiger partial charge in [0.1, 0.15) is 5.76 Å². The molecule has 10 nitrogen and oxygen atoms in total. The Morgan fingerprint density at radius 2 is 1.86 bits per heavy atom. The fourth-order valence-corrected chi connectivity index (χ4v) is 3.70. The summed E-state index contributed by atoms with van der Waals surface area (Å²) >= 11 is 2.33. The second-order valence-corrected chi connectivity index (χ2v) is 7.95. The van der Waals surface area contributed by atoms with Gasteiger partial charge in [-0.05, 0) is 25.1 Å². The molecule has 0 fully saturated rings. The van der Waals surface area contributed by atoms with E-state index in [9.17, 15) is 14.4 Å². The molecule has 0 saturated heterocycles. The third kappa shape index (κ3) is 6.12. The van der Waals surface area contributed by atoms with Gasteiger partial charge in [-0.1, -0.05) is 34.3 Å². The number of hydrogen-bond acceptors (Lipinski definition) is 9.